The predicted molar refractivity (Wildman–Crippen MR) is 172 cm³/mol. The zero-order valence-corrected chi connectivity index (χ0v) is 25.4. The number of thioether (sulfide) groups is 1. The highest BCUT2D eigenvalue weighted by atomic mass is 32.2. The topological polar surface area (TPSA) is 73.5 Å². The molecule has 0 amide bonds. The first-order valence-electron chi connectivity index (χ1n) is 13.9. The Bertz CT molecular complexity index is 1760. The number of fused-ring (bicyclic) bond motifs is 2. The van der Waals surface area contributed by atoms with Crippen molar-refractivity contribution >= 4 is 44.5 Å². The predicted octanol–water partition coefficient (Wildman–Crippen LogP) is 6.79. The van der Waals surface area contributed by atoms with E-state index in [4.69, 9.17) is 4.74 Å². The quantitative estimate of drug-likeness (QED) is 0.0819. The molecule has 0 radical (unpaired) electrons. The van der Waals surface area contributed by atoms with Gasteiger partial charge in [-0.2, -0.15) is 16.3 Å². The summed E-state index contributed by atoms with van der Waals surface area (Å²) in [7, 11) is -4.40. The SMILES string of the molecule is CSCCC[n+]1ccc(C=CC(C)=CC=C2Oc3ccc(-c4ccccc4)cc3N2CCS(=O)(=O)[O-])c2ccccc21. The molecule has 4 aromatic rings. The van der Waals surface area contributed by atoms with Gasteiger partial charge in [0.2, 0.25) is 11.4 Å². The van der Waals surface area contributed by atoms with Crippen LogP contribution in [-0.4, -0.2) is 37.3 Å². The highest BCUT2D eigenvalue weighted by Crippen LogP contribution is 2.41. The molecule has 8 heteroatoms. The van der Waals surface area contributed by atoms with E-state index in [9.17, 15) is 13.0 Å². The molecule has 216 valence electrons. The van der Waals surface area contributed by atoms with Gasteiger partial charge in [-0.15, -0.1) is 0 Å². The molecule has 1 aliphatic heterocycles. The summed E-state index contributed by atoms with van der Waals surface area (Å²) >= 11 is 1.87. The van der Waals surface area contributed by atoms with E-state index in [-0.39, 0.29) is 6.54 Å². The minimum Gasteiger partial charge on any atom is -0.748 e. The third-order valence-electron chi connectivity index (χ3n) is 7.12. The normalized spacial score (nSPS) is 14.6. The molecule has 0 atom stereocenters. The molecule has 0 bridgehead atoms. The maximum Gasteiger partial charge on any atom is 0.213 e. The number of hydrogen-bond acceptors (Lipinski definition) is 6. The number of allylic oxidation sites excluding steroid dienone is 4. The van der Waals surface area contributed by atoms with Crippen molar-refractivity contribution in [2.75, 3.05) is 29.2 Å². The molecule has 0 unspecified atom stereocenters. The smallest absolute Gasteiger partial charge is 0.213 e. The number of aromatic nitrogens is 1. The second-order valence-electron chi connectivity index (χ2n) is 10.1. The van der Waals surface area contributed by atoms with Crippen molar-refractivity contribution in [2.45, 2.75) is 19.9 Å². The number of aryl methyl sites for hydroxylation is 1. The van der Waals surface area contributed by atoms with Gasteiger partial charge in [-0.3, -0.25) is 0 Å². The number of nitrogens with zero attached hydrogens (tertiary/aromatic N) is 2. The molecule has 0 N–H and O–H groups in total. The molecular formula is C34H34N2O4S2. The Morgan fingerprint density at radius 3 is 2.60 bits per heavy atom. The molecule has 6 nitrogen and oxygen atoms in total. The monoisotopic (exact) mass is 598 g/mol. The van der Waals surface area contributed by atoms with Crippen LogP contribution >= 0.6 is 11.8 Å². The first kappa shape index (κ1) is 29.6. The summed E-state index contributed by atoms with van der Waals surface area (Å²) in [6.45, 7) is 2.99. The Morgan fingerprint density at radius 2 is 1.81 bits per heavy atom. The van der Waals surface area contributed by atoms with Crippen LogP contribution in [0.25, 0.3) is 28.1 Å². The molecule has 42 heavy (non-hydrogen) atoms. The Balaban J connectivity index is 1.40. The summed E-state index contributed by atoms with van der Waals surface area (Å²) < 4.78 is 42.9. The molecule has 0 spiro atoms. The number of rotatable bonds is 11. The molecule has 1 aromatic heterocycles. The zero-order valence-electron chi connectivity index (χ0n) is 23.8. The minimum atomic E-state index is -4.40. The van der Waals surface area contributed by atoms with Crippen molar-refractivity contribution in [3.8, 4) is 16.9 Å². The summed E-state index contributed by atoms with van der Waals surface area (Å²) in [5.74, 6) is 1.70. The molecule has 3 aromatic carbocycles. The van der Waals surface area contributed by atoms with Gasteiger partial charge in [0.05, 0.1) is 26.9 Å². The highest BCUT2D eigenvalue weighted by Gasteiger charge is 2.26. The van der Waals surface area contributed by atoms with E-state index in [0.29, 0.717) is 11.6 Å². The van der Waals surface area contributed by atoms with Crippen LogP contribution in [0, 0.1) is 0 Å². The van der Waals surface area contributed by atoms with Gasteiger partial charge in [0, 0.05) is 25.1 Å². The van der Waals surface area contributed by atoms with E-state index in [0.717, 1.165) is 46.7 Å². The van der Waals surface area contributed by atoms with Crippen LogP contribution in [0.1, 0.15) is 18.9 Å². The molecule has 0 fully saturated rings. The van der Waals surface area contributed by atoms with Crippen molar-refractivity contribution in [3.05, 3.63) is 120 Å². The number of anilines is 1. The van der Waals surface area contributed by atoms with E-state index in [2.05, 4.69) is 59.5 Å². The minimum absolute atomic E-state index is 0.00140. The second kappa shape index (κ2) is 13.4. The van der Waals surface area contributed by atoms with Crippen LogP contribution in [0.5, 0.6) is 5.75 Å². The summed E-state index contributed by atoms with van der Waals surface area (Å²) in [5, 5.41) is 1.19. The van der Waals surface area contributed by atoms with Crippen LogP contribution < -0.4 is 14.2 Å². The first-order chi connectivity index (χ1) is 20.3. The van der Waals surface area contributed by atoms with Crippen LogP contribution in [0.15, 0.2) is 115 Å². The van der Waals surface area contributed by atoms with Crippen molar-refractivity contribution in [3.63, 3.8) is 0 Å². The molecule has 0 saturated heterocycles. The number of hydrogen-bond donors (Lipinski definition) is 0. The number of ether oxygens (including phenoxy) is 1. The van der Waals surface area contributed by atoms with Crippen molar-refractivity contribution in [1.82, 2.24) is 0 Å². The third-order valence-corrected chi connectivity index (χ3v) is 8.50. The molecule has 1 aliphatic rings. The van der Waals surface area contributed by atoms with Gasteiger partial charge < -0.3 is 14.2 Å². The van der Waals surface area contributed by atoms with Gasteiger partial charge in [0.15, 0.2) is 11.9 Å². The Labute approximate surface area is 252 Å². The fraction of sp³-hybridized carbons (Fsp3) is 0.206. The van der Waals surface area contributed by atoms with Gasteiger partial charge in [-0.05, 0) is 59.9 Å². The zero-order chi connectivity index (χ0) is 29.5. The number of para-hydroxylation sites is 1. The Hall–Kier alpha value is -3.85. The van der Waals surface area contributed by atoms with E-state index in [1.165, 1.54) is 10.9 Å². The fourth-order valence-corrected chi connectivity index (χ4v) is 5.80. The van der Waals surface area contributed by atoms with Crippen molar-refractivity contribution in [1.29, 1.82) is 0 Å². The van der Waals surface area contributed by atoms with Crippen LogP contribution in [-0.2, 0) is 16.7 Å². The van der Waals surface area contributed by atoms with Crippen molar-refractivity contribution < 1.29 is 22.3 Å². The third kappa shape index (κ3) is 7.31. The fourth-order valence-electron chi connectivity index (χ4n) is 4.98. The van der Waals surface area contributed by atoms with Gasteiger partial charge in [-0.25, -0.2) is 8.42 Å². The average molecular weight is 599 g/mol. The van der Waals surface area contributed by atoms with E-state index in [1.54, 1.807) is 4.90 Å². The summed E-state index contributed by atoms with van der Waals surface area (Å²) in [4.78, 5) is 1.76. The Kier molecular flexibility index (Phi) is 9.47. The molecule has 0 aliphatic carbocycles. The number of pyridine rings is 1. The van der Waals surface area contributed by atoms with Crippen molar-refractivity contribution in [2.24, 2.45) is 0 Å². The summed E-state index contributed by atoms with van der Waals surface area (Å²) in [6.07, 6.45) is 13.3. The van der Waals surface area contributed by atoms with Crippen LogP contribution in [0.3, 0.4) is 0 Å². The summed E-state index contributed by atoms with van der Waals surface area (Å²) in [5.41, 5.74) is 6.07. The standard InChI is InChI=1S/C34H34N2O4S2/c1-26(13-15-28-19-21-35(20-8-23-41-2)31-12-7-6-11-30(28)31)14-18-34-36(22-24-42(37,38)39)32-25-29(16-17-33(32)40-34)27-9-4-3-5-10-27/h3-7,9-19,21,25H,8,20,22-24H2,1-2H3. The molecule has 2 heterocycles. The lowest BCUT2D eigenvalue weighted by Crippen LogP contribution is -2.34. The largest absolute Gasteiger partial charge is 0.748 e. The van der Waals surface area contributed by atoms with E-state index in [1.807, 2.05) is 79.4 Å². The van der Waals surface area contributed by atoms with E-state index < -0.39 is 15.9 Å². The second-order valence-corrected chi connectivity index (χ2v) is 12.7. The lowest BCUT2D eigenvalue weighted by molar-refractivity contribution is -0.671. The molecule has 0 saturated carbocycles. The first-order valence-corrected chi connectivity index (χ1v) is 16.8. The van der Waals surface area contributed by atoms with Crippen LogP contribution in [0.2, 0.25) is 0 Å². The van der Waals surface area contributed by atoms with Gasteiger partial charge in [-0.1, -0.05) is 72.3 Å². The Morgan fingerprint density at radius 1 is 1.02 bits per heavy atom. The van der Waals surface area contributed by atoms with Gasteiger partial charge >= 0.3 is 0 Å². The lowest BCUT2D eigenvalue weighted by atomic mass is 10.0. The number of benzene rings is 3. The van der Waals surface area contributed by atoms with Gasteiger partial charge in [0.1, 0.15) is 6.54 Å². The highest BCUT2D eigenvalue weighted by molar-refractivity contribution is 7.98. The molecular weight excluding hydrogens is 565 g/mol. The lowest BCUT2D eigenvalue weighted by Gasteiger charge is -2.19. The maximum atomic E-state index is 11.5. The molecule has 5 rings (SSSR count). The van der Waals surface area contributed by atoms with E-state index >= 15 is 0 Å². The average Bonchev–Trinajstić information content (AvgIpc) is 3.35. The summed E-state index contributed by atoms with van der Waals surface area (Å²) in [6, 6.07) is 26.3. The van der Waals surface area contributed by atoms with Gasteiger partial charge in [0.25, 0.3) is 0 Å². The van der Waals surface area contributed by atoms with Crippen LogP contribution in [0.4, 0.5) is 5.69 Å². The maximum absolute atomic E-state index is 11.5.